The molecular weight excluding hydrogens is 276 g/mol. The Morgan fingerprint density at radius 2 is 1.95 bits per heavy atom. The largest absolute Gasteiger partial charge is 0.492 e. The van der Waals surface area contributed by atoms with Gasteiger partial charge >= 0.3 is 0 Å². The van der Waals surface area contributed by atoms with Gasteiger partial charge in [-0.15, -0.1) is 0 Å². The molecule has 122 valence electrons. The lowest BCUT2D eigenvalue weighted by Gasteiger charge is -2.25. The molecule has 0 radical (unpaired) electrons. The third-order valence-corrected chi connectivity index (χ3v) is 4.48. The minimum atomic E-state index is -0.123. The fourth-order valence-electron chi connectivity index (χ4n) is 2.73. The first-order chi connectivity index (χ1) is 10.6. The van der Waals surface area contributed by atoms with E-state index >= 15 is 0 Å². The smallest absolute Gasteiger partial charge is 0.237 e. The number of aryl methyl sites for hydroxylation is 1. The normalized spacial score (nSPS) is 16.7. The summed E-state index contributed by atoms with van der Waals surface area (Å²) in [5.41, 5.74) is 1.22. The Morgan fingerprint density at radius 1 is 1.32 bits per heavy atom. The summed E-state index contributed by atoms with van der Waals surface area (Å²) in [6, 6.07) is 8.29. The number of carbonyl (C=O) groups excluding carboxylic acids is 1. The molecule has 0 spiro atoms. The summed E-state index contributed by atoms with van der Waals surface area (Å²) in [4.78, 5) is 14.3. The molecule has 4 heteroatoms. The van der Waals surface area contributed by atoms with Crippen LogP contribution in [0.5, 0.6) is 5.75 Å². The van der Waals surface area contributed by atoms with Crippen molar-refractivity contribution in [1.29, 1.82) is 0 Å². The van der Waals surface area contributed by atoms with Crippen molar-refractivity contribution in [2.75, 3.05) is 20.2 Å². The highest BCUT2D eigenvalue weighted by molar-refractivity contribution is 5.81. The molecule has 1 aliphatic rings. The molecule has 1 saturated carbocycles. The lowest BCUT2D eigenvalue weighted by Crippen LogP contribution is -2.47. The van der Waals surface area contributed by atoms with Crippen molar-refractivity contribution in [3.05, 3.63) is 29.8 Å². The highest BCUT2D eigenvalue weighted by Crippen LogP contribution is 2.18. The van der Waals surface area contributed by atoms with Crippen LogP contribution in [0.25, 0.3) is 0 Å². The number of nitrogens with zero attached hydrogens (tertiary/aromatic N) is 1. The molecule has 1 aromatic rings. The van der Waals surface area contributed by atoms with Crippen molar-refractivity contribution in [2.24, 2.45) is 0 Å². The Kier molecular flexibility index (Phi) is 6.25. The summed E-state index contributed by atoms with van der Waals surface area (Å²) in [5.74, 6) is 1.01. The lowest BCUT2D eigenvalue weighted by molar-refractivity contribution is -0.126. The number of rotatable bonds is 7. The quantitative estimate of drug-likeness (QED) is 0.842. The average Bonchev–Trinajstić information content (AvgIpc) is 3.01. The summed E-state index contributed by atoms with van der Waals surface area (Å²) in [6.07, 6.45) is 4.72. The fraction of sp³-hybridized carbons (Fsp3) is 0.611. The molecule has 1 amide bonds. The number of hydrogen-bond donors (Lipinski definition) is 1. The second-order valence-corrected chi connectivity index (χ2v) is 6.31. The van der Waals surface area contributed by atoms with Gasteiger partial charge in [0.15, 0.2) is 0 Å². The Morgan fingerprint density at radius 3 is 2.59 bits per heavy atom. The van der Waals surface area contributed by atoms with Gasteiger partial charge in [-0.2, -0.15) is 0 Å². The number of carbonyl (C=O) groups is 1. The van der Waals surface area contributed by atoms with Crippen LogP contribution in [0.15, 0.2) is 24.3 Å². The number of benzene rings is 1. The van der Waals surface area contributed by atoms with Gasteiger partial charge in [0.25, 0.3) is 0 Å². The Labute approximate surface area is 133 Å². The predicted molar refractivity (Wildman–Crippen MR) is 89.2 cm³/mol. The van der Waals surface area contributed by atoms with Crippen molar-refractivity contribution >= 4 is 5.91 Å². The molecule has 1 aromatic carbocycles. The third-order valence-electron chi connectivity index (χ3n) is 4.48. The summed E-state index contributed by atoms with van der Waals surface area (Å²) in [6.45, 7) is 5.33. The standard InChI is InChI=1S/C18H28N2O2/c1-14-8-10-17(11-9-14)22-13-12-20(3)15(2)18(21)19-16-6-4-5-7-16/h8-11,15-16H,4-7,12-13H2,1-3H3,(H,19,21). The summed E-state index contributed by atoms with van der Waals surface area (Å²) in [5, 5.41) is 3.15. The topological polar surface area (TPSA) is 41.6 Å². The lowest BCUT2D eigenvalue weighted by atomic mass is 10.2. The first-order valence-corrected chi connectivity index (χ1v) is 8.26. The summed E-state index contributed by atoms with van der Waals surface area (Å²) in [7, 11) is 1.97. The van der Waals surface area contributed by atoms with Crippen LogP contribution in [0.3, 0.4) is 0 Å². The molecule has 1 aliphatic carbocycles. The highest BCUT2D eigenvalue weighted by Gasteiger charge is 2.22. The van der Waals surface area contributed by atoms with Crippen LogP contribution >= 0.6 is 0 Å². The van der Waals surface area contributed by atoms with E-state index in [0.29, 0.717) is 12.6 Å². The van der Waals surface area contributed by atoms with Crippen LogP contribution in [-0.4, -0.2) is 43.1 Å². The molecule has 22 heavy (non-hydrogen) atoms. The Balaban J connectivity index is 1.69. The molecule has 0 aromatic heterocycles. The van der Waals surface area contributed by atoms with E-state index < -0.39 is 0 Å². The molecule has 1 N–H and O–H groups in total. The summed E-state index contributed by atoms with van der Waals surface area (Å²) >= 11 is 0. The average molecular weight is 304 g/mol. The maximum absolute atomic E-state index is 12.2. The van der Waals surface area contributed by atoms with Crippen molar-refractivity contribution in [3.63, 3.8) is 0 Å². The molecule has 0 saturated heterocycles. The van der Waals surface area contributed by atoms with Gasteiger partial charge in [-0.25, -0.2) is 0 Å². The molecule has 0 heterocycles. The van der Waals surface area contributed by atoms with Gasteiger partial charge in [-0.3, -0.25) is 9.69 Å². The van der Waals surface area contributed by atoms with Crippen molar-refractivity contribution in [3.8, 4) is 5.75 Å². The maximum atomic E-state index is 12.2. The number of hydrogen-bond acceptors (Lipinski definition) is 3. The second kappa shape index (κ2) is 8.18. The van der Waals surface area contributed by atoms with Crippen molar-refractivity contribution in [2.45, 2.75) is 51.6 Å². The molecule has 1 unspecified atom stereocenters. The van der Waals surface area contributed by atoms with Gasteiger partial charge in [0.2, 0.25) is 5.91 Å². The van der Waals surface area contributed by atoms with E-state index in [0.717, 1.165) is 25.1 Å². The van der Waals surface area contributed by atoms with Gasteiger partial charge in [-0.05, 0) is 45.9 Å². The van der Waals surface area contributed by atoms with E-state index in [1.807, 2.05) is 43.1 Å². The molecule has 2 rings (SSSR count). The van der Waals surface area contributed by atoms with Gasteiger partial charge in [0.1, 0.15) is 12.4 Å². The Bertz CT molecular complexity index is 466. The number of ether oxygens (including phenoxy) is 1. The third kappa shape index (κ3) is 5.02. The van der Waals surface area contributed by atoms with Crippen molar-refractivity contribution < 1.29 is 9.53 Å². The molecule has 1 atom stereocenters. The zero-order valence-electron chi connectivity index (χ0n) is 14.0. The second-order valence-electron chi connectivity index (χ2n) is 6.31. The first kappa shape index (κ1) is 16.8. The minimum Gasteiger partial charge on any atom is -0.492 e. The molecule has 4 nitrogen and oxygen atoms in total. The van der Waals surface area contributed by atoms with Crippen LogP contribution in [0.4, 0.5) is 0 Å². The summed E-state index contributed by atoms with van der Waals surface area (Å²) < 4.78 is 5.72. The molecule has 0 bridgehead atoms. The van der Waals surface area contributed by atoms with Crippen molar-refractivity contribution in [1.82, 2.24) is 10.2 Å². The fourth-order valence-corrected chi connectivity index (χ4v) is 2.73. The van der Waals surface area contributed by atoms with Crippen LogP contribution in [-0.2, 0) is 4.79 Å². The van der Waals surface area contributed by atoms with Gasteiger partial charge in [0, 0.05) is 12.6 Å². The highest BCUT2D eigenvalue weighted by atomic mass is 16.5. The van der Waals surface area contributed by atoms with Crippen LogP contribution in [0, 0.1) is 6.92 Å². The monoisotopic (exact) mass is 304 g/mol. The van der Waals surface area contributed by atoms with Gasteiger partial charge in [0.05, 0.1) is 6.04 Å². The van der Waals surface area contributed by atoms with Crippen LogP contribution in [0.2, 0.25) is 0 Å². The van der Waals surface area contributed by atoms with Crippen LogP contribution < -0.4 is 10.1 Å². The number of amides is 1. The first-order valence-electron chi connectivity index (χ1n) is 8.26. The van der Waals surface area contributed by atoms with E-state index in [2.05, 4.69) is 12.2 Å². The molecule has 0 aliphatic heterocycles. The minimum absolute atomic E-state index is 0.123. The van der Waals surface area contributed by atoms with Crippen LogP contribution in [0.1, 0.15) is 38.2 Å². The number of likely N-dealkylation sites (N-methyl/N-ethyl adjacent to an activating group) is 1. The van der Waals surface area contributed by atoms with E-state index in [-0.39, 0.29) is 11.9 Å². The van der Waals surface area contributed by atoms with Gasteiger partial charge < -0.3 is 10.1 Å². The zero-order valence-corrected chi connectivity index (χ0v) is 14.0. The van der Waals surface area contributed by atoms with E-state index in [1.165, 1.54) is 18.4 Å². The van der Waals surface area contributed by atoms with E-state index in [4.69, 9.17) is 4.74 Å². The Hall–Kier alpha value is -1.55. The molecular formula is C18H28N2O2. The predicted octanol–water partition coefficient (Wildman–Crippen LogP) is 2.75. The number of nitrogens with one attached hydrogen (secondary N) is 1. The van der Waals surface area contributed by atoms with E-state index in [1.54, 1.807) is 0 Å². The maximum Gasteiger partial charge on any atom is 0.237 e. The molecule has 1 fully saturated rings. The van der Waals surface area contributed by atoms with Gasteiger partial charge in [-0.1, -0.05) is 30.5 Å². The van der Waals surface area contributed by atoms with E-state index in [9.17, 15) is 4.79 Å². The zero-order chi connectivity index (χ0) is 15.9. The SMILES string of the molecule is Cc1ccc(OCCN(C)C(C)C(=O)NC2CCCC2)cc1.